The first-order valence-electron chi connectivity index (χ1n) is 8.29. The Bertz CT molecular complexity index is 1170. The van der Waals surface area contributed by atoms with Crippen LogP contribution in [-0.4, -0.2) is 17.9 Å². The van der Waals surface area contributed by atoms with E-state index in [9.17, 15) is 4.79 Å². The lowest BCUT2D eigenvalue weighted by Gasteiger charge is -2.18. The molecule has 0 radical (unpaired) electrons. The van der Waals surface area contributed by atoms with Crippen LogP contribution >= 0.6 is 22.9 Å². The average molecular weight is 381 g/mol. The smallest absolute Gasteiger partial charge is 0.268 e. The van der Waals surface area contributed by atoms with Crippen LogP contribution in [0.2, 0.25) is 5.15 Å². The summed E-state index contributed by atoms with van der Waals surface area (Å²) in [6, 6.07) is 15.8. The molecule has 0 unspecified atom stereocenters. The Hall–Kier alpha value is -2.43. The van der Waals surface area contributed by atoms with Crippen LogP contribution in [0.15, 0.2) is 48.5 Å². The van der Waals surface area contributed by atoms with Crippen LogP contribution in [0.4, 0.5) is 5.69 Å². The highest BCUT2D eigenvalue weighted by Gasteiger charge is 2.20. The SMILES string of the molecule is Cc1ccc2nc(Cl)c3cc(C(=O)N(C)c4ccccc4C)sc3c2c1. The van der Waals surface area contributed by atoms with Crippen molar-refractivity contribution < 1.29 is 4.79 Å². The van der Waals surface area contributed by atoms with E-state index in [-0.39, 0.29) is 5.91 Å². The van der Waals surface area contributed by atoms with Gasteiger partial charge in [-0.15, -0.1) is 11.3 Å². The van der Waals surface area contributed by atoms with Gasteiger partial charge in [-0.2, -0.15) is 0 Å². The molecule has 2 aromatic carbocycles. The number of pyridine rings is 1. The number of rotatable bonds is 2. The number of carbonyl (C=O) groups is 1. The molecule has 130 valence electrons. The molecule has 4 rings (SSSR count). The minimum absolute atomic E-state index is 0.0441. The van der Waals surface area contributed by atoms with E-state index >= 15 is 0 Å². The third kappa shape index (κ3) is 2.75. The number of aromatic nitrogens is 1. The molecule has 0 N–H and O–H groups in total. The number of carbonyl (C=O) groups excluding carboxylic acids is 1. The molecule has 0 aliphatic carbocycles. The maximum Gasteiger partial charge on any atom is 0.268 e. The molecule has 0 aliphatic rings. The summed E-state index contributed by atoms with van der Waals surface area (Å²) in [7, 11) is 1.80. The average Bonchev–Trinajstić information content (AvgIpc) is 3.08. The van der Waals surface area contributed by atoms with E-state index in [1.165, 1.54) is 11.3 Å². The van der Waals surface area contributed by atoms with Gasteiger partial charge in [0.25, 0.3) is 5.91 Å². The summed E-state index contributed by atoms with van der Waals surface area (Å²) >= 11 is 7.86. The second kappa shape index (κ2) is 6.38. The molecule has 0 bridgehead atoms. The van der Waals surface area contributed by atoms with E-state index in [1.54, 1.807) is 11.9 Å². The van der Waals surface area contributed by atoms with Crippen molar-refractivity contribution in [2.45, 2.75) is 13.8 Å². The van der Waals surface area contributed by atoms with E-state index in [4.69, 9.17) is 11.6 Å². The Kier molecular flexibility index (Phi) is 4.17. The van der Waals surface area contributed by atoms with Crippen molar-refractivity contribution in [2.24, 2.45) is 0 Å². The van der Waals surface area contributed by atoms with Gasteiger partial charge in [0, 0.05) is 28.2 Å². The molecule has 1 amide bonds. The molecular weight excluding hydrogens is 364 g/mol. The number of thiophene rings is 1. The second-order valence-corrected chi connectivity index (χ2v) is 7.84. The highest BCUT2D eigenvalue weighted by molar-refractivity contribution is 7.22. The summed E-state index contributed by atoms with van der Waals surface area (Å²) in [6.07, 6.45) is 0. The number of fused-ring (bicyclic) bond motifs is 3. The number of para-hydroxylation sites is 1. The van der Waals surface area contributed by atoms with Crippen LogP contribution in [0.25, 0.3) is 21.0 Å². The molecule has 5 heteroatoms. The highest BCUT2D eigenvalue weighted by Crippen LogP contribution is 2.37. The van der Waals surface area contributed by atoms with Gasteiger partial charge in [0.1, 0.15) is 5.15 Å². The van der Waals surface area contributed by atoms with Gasteiger partial charge in [-0.1, -0.05) is 41.4 Å². The zero-order valence-electron chi connectivity index (χ0n) is 14.7. The molecule has 0 saturated heterocycles. The monoisotopic (exact) mass is 380 g/mol. The van der Waals surface area contributed by atoms with Crippen LogP contribution in [-0.2, 0) is 0 Å². The number of nitrogens with zero attached hydrogens (tertiary/aromatic N) is 2. The van der Waals surface area contributed by atoms with Crippen LogP contribution in [0, 0.1) is 13.8 Å². The van der Waals surface area contributed by atoms with Crippen molar-refractivity contribution in [1.82, 2.24) is 4.98 Å². The van der Waals surface area contributed by atoms with Gasteiger partial charge in [0.05, 0.1) is 10.4 Å². The van der Waals surface area contributed by atoms with Gasteiger partial charge in [-0.05, 0) is 43.7 Å². The maximum absolute atomic E-state index is 13.1. The quantitative estimate of drug-likeness (QED) is 0.400. The third-order valence-electron chi connectivity index (χ3n) is 4.56. The van der Waals surface area contributed by atoms with E-state index in [0.29, 0.717) is 10.0 Å². The molecule has 26 heavy (non-hydrogen) atoms. The third-order valence-corrected chi connectivity index (χ3v) is 6.01. The zero-order chi connectivity index (χ0) is 18.4. The Morgan fingerprint density at radius 3 is 2.62 bits per heavy atom. The molecular formula is C21H17ClN2OS. The summed E-state index contributed by atoms with van der Waals surface area (Å²) < 4.78 is 1.00. The lowest BCUT2D eigenvalue weighted by molar-refractivity contribution is 0.0997. The standard InChI is InChI=1S/C21H17ClN2OS/c1-12-8-9-16-14(10-12)19-15(20(22)23-16)11-18(26-19)21(25)24(3)17-7-5-4-6-13(17)2/h4-11H,1-3H3. The second-order valence-electron chi connectivity index (χ2n) is 6.43. The van der Waals surface area contributed by atoms with Crippen molar-refractivity contribution in [3.05, 3.63) is 69.7 Å². The van der Waals surface area contributed by atoms with Crippen molar-refractivity contribution >= 4 is 55.5 Å². The van der Waals surface area contributed by atoms with Gasteiger partial charge in [-0.25, -0.2) is 4.98 Å². The molecule has 4 aromatic rings. The fraction of sp³-hybridized carbons (Fsp3) is 0.143. The Morgan fingerprint density at radius 2 is 1.85 bits per heavy atom. The number of hydrogen-bond acceptors (Lipinski definition) is 3. The highest BCUT2D eigenvalue weighted by atomic mass is 35.5. The molecule has 0 atom stereocenters. The van der Waals surface area contributed by atoms with Crippen molar-refractivity contribution in [1.29, 1.82) is 0 Å². The molecule has 3 nitrogen and oxygen atoms in total. The van der Waals surface area contributed by atoms with E-state index in [0.717, 1.165) is 37.8 Å². The number of amides is 1. The zero-order valence-corrected chi connectivity index (χ0v) is 16.3. The topological polar surface area (TPSA) is 33.2 Å². The van der Waals surface area contributed by atoms with E-state index in [1.807, 2.05) is 56.3 Å². The van der Waals surface area contributed by atoms with Crippen LogP contribution in [0.5, 0.6) is 0 Å². The lowest BCUT2D eigenvalue weighted by Crippen LogP contribution is -2.26. The molecule has 2 heterocycles. The van der Waals surface area contributed by atoms with Gasteiger partial charge in [-0.3, -0.25) is 4.79 Å². The van der Waals surface area contributed by atoms with Crippen LogP contribution < -0.4 is 4.90 Å². The van der Waals surface area contributed by atoms with Crippen molar-refractivity contribution in [3.8, 4) is 0 Å². The summed E-state index contributed by atoms with van der Waals surface area (Å²) in [5.74, 6) is -0.0441. The minimum atomic E-state index is -0.0441. The Morgan fingerprint density at radius 1 is 1.08 bits per heavy atom. The number of anilines is 1. The molecule has 0 fully saturated rings. The fourth-order valence-corrected chi connectivity index (χ4v) is 4.62. The predicted octanol–water partition coefficient (Wildman–Crippen LogP) is 6.00. The normalized spacial score (nSPS) is 11.2. The summed E-state index contributed by atoms with van der Waals surface area (Å²) in [5, 5.41) is 2.30. The first-order valence-corrected chi connectivity index (χ1v) is 9.48. The first kappa shape index (κ1) is 17.0. The first-order chi connectivity index (χ1) is 12.5. The van der Waals surface area contributed by atoms with E-state index < -0.39 is 0 Å². The van der Waals surface area contributed by atoms with E-state index in [2.05, 4.69) is 11.1 Å². The summed E-state index contributed by atoms with van der Waals surface area (Å²) in [4.78, 5) is 19.9. The Balaban J connectivity index is 1.86. The fourth-order valence-electron chi connectivity index (χ4n) is 3.16. The summed E-state index contributed by atoms with van der Waals surface area (Å²) in [6.45, 7) is 4.05. The molecule has 0 spiro atoms. The van der Waals surface area contributed by atoms with Gasteiger partial charge in [0.2, 0.25) is 0 Å². The number of benzene rings is 2. The lowest BCUT2D eigenvalue weighted by atomic mass is 10.1. The maximum atomic E-state index is 13.1. The van der Waals surface area contributed by atoms with Crippen LogP contribution in [0.1, 0.15) is 20.8 Å². The minimum Gasteiger partial charge on any atom is -0.310 e. The van der Waals surface area contributed by atoms with Gasteiger partial charge in [0.15, 0.2) is 0 Å². The molecule has 2 aromatic heterocycles. The van der Waals surface area contributed by atoms with Crippen molar-refractivity contribution in [2.75, 3.05) is 11.9 Å². The largest absolute Gasteiger partial charge is 0.310 e. The molecule has 0 aliphatic heterocycles. The van der Waals surface area contributed by atoms with Gasteiger partial charge >= 0.3 is 0 Å². The van der Waals surface area contributed by atoms with Crippen molar-refractivity contribution in [3.63, 3.8) is 0 Å². The summed E-state index contributed by atoms with van der Waals surface area (Å²) in [5.41, 5.74) is 3.97. The predicted molar refractivity (Wildman–Crippen MR) is 111 cm³/mol. The molecule has 0 saturated carbocycles. The number of halogens is 1. The van der Waals surface area contributed by atoms with Gasteiger partial charge < -0.3 is 4.90 Å². The number of hydrogen-bond donors (Lipinski definition) is 0. The van der Waals surface area contributed by atoms with Crippen LogP contribution in [0.3, 0.4) is 0 Å². The number of aryl methyl sites for hydroxylation is 2. The Labute approximate surface area is 160 Å².